The number of hydrazone groups is 1. The molecule has 3 rings (SSSR count). The van der Waals surface area contributed by atoms with Gasteiger partial charge in [0.25, 0.3) is 0 Å². The van der Waals surface area contributed by atoms with Crippen LogP contribution >= 0.6 is 11.6 Å². The summed E-state index contributed by atoms with van der Waals surface area (Å²) in [7, 11) is 1.47. The maximum absolute atomic E-state index is 13.0. The van der Waals surface area contributed by atoms with Gasteiger partial charge in [0.2, 0.25) is 0 Å². The molecular weight excluding hydrogens is 395 g/mol. The maximum Gasteiger partial charge on any atom is 0.343 e. The quantitative estimate of drug-likeness (QED) is 0.253. The second-order valence-corrected chi connectivity index (χ2v) is 6.55. The Morgan fingerprint density at radius 3 is 2.52 bits per heavy atom. The molecule has 0 saturated heterocycles. The molecule has 7 heteroatoms. The molecule has 1 N–H and O–H groups in total. The van der Waals surface area contributed by atoms with E-state index < -0.39 is 11.8 Å². The van der Waals surface area contributed by atoms with Gasteiger partial charge in [-0.2, -0.15) is 5.10 Å². The van der Waals surface area contributed by atoms with Crippen molar-refractivity contribution in [2.45, 2.75) is 6.92 Å². The lowest BCUT2D eigenvalue weighted by molar-refractivity contribution is 0.0729. The van der Waals surface area contributed by atoms with Gasteiger partial charge in [-0.25, -0.2) is 9.18 Å². The van der Waals surface area contributed by atoms with Gasteiger partial charge in [-0.1, -0.05) is 17.7 Å². The molecule has 0 aliphatic rings. The molecule has 0 bridgehead atoms. The van der Waals surface area contributed by atoms with Gasteiger partial charge in [-0.15, -0.1) is 0 Å². The normalized spacial score (nSPS) is 10.8. The number of carbonyl (C=O) groups is 1. The molecule has 0 saturated carbocycles. The maximum atomic E-state index is 13.0. The van der Waals surface area contributed by atoms with E-state index in [2.05, 4.69) is 10.5 Å². The van der Waals surface area contributed by atoms with Crippen LogP contribution in [-0.4, -0.2) is 19.3 Å². The molecule has 0 atom stereocenters. The zero-order valence-corrected chi connectivity index (χ0v) is 16.5. The molecule has 0 heterocycles. The lowest BCUT2D eigenvalue weighted by atomic mass is 10.2. The van der Waals surface area contributed by atoms with E-state index >= 15 is 0 Å². The van der Waals surface area contributed by atoms with E-state index in [0.717, 1.165) is 16.8 Å². The standard InChI is InChI=1S/C22H18ClFN2O3/c1-14-3-9-18(12-19(14)23)26-25-13-15-4-10-20(21(11-15)28-2)29-22(27)16-5-7-17(24)8-6-16/h3-13,26H,1-2H3/b25-13-. The largest absolute Gasteiger partial charge is 0.493 e. The predicted octanol–water partition coefficient (Wildman–Crippen LogP) is 5.46. The van der Waals surface area contributed by atoms with Gasteiger partial charge in [0, 0.05) is 5.02 Å². The minimum absolute atomic E-state index is 0.236. The summed E-state index contributed by atoms with van der Waals surface area (Å²) < 4.78 is 23.6. The van der Waals surface area contributed by atoms with Crippen LogP contribution in [0.2, 0.25) is 5.02 Å². The first-order chi connectivity index (χ1) is 14.0. The lowest BCUT2D eigenvalue weighted by Crippen LogP contribution is -2.09. The Labute approximate surface area is 172 Å². The lowest BCUT2D eigenvalue weighted by Gasteiger charge is -2.10. The van der Waals surface area contributed by atoms with Crippen LogP contribution in [0, 0.1) is 12.7 Å². The van der Waals surface area contributed by atoms with Crippen LogP contribution in [-0.2, 0) is 0 Å². The third-order valence-electron chi connectivity index (χ3n) is 4.05. The van der Waals surface area contributed by atoms with Crippen molar-refractivity contribution in [3.63, 3.8) is 0 Å². The molecule has 0 aromatic heterocycles. The van der Waals surface area contributed by atoms with Crippen molar-refractivity contribution in [3.8, 4) is 11.5 Å². The molecule has 29 heavy (non-hydrogen) atoms. The third-order valence-corrected chi connectivity index (χ3v) is 4.46. The van der Waals surface area contributed by atoms with Crippen molar-refractivity contribution < 1.29 is 18.7 Å². The average molecular weight is 413 g/mol. The first-order valence-corrected chi connectivity index (χ1v) is 9.05. The molecule has 0 radical (unpaired) electrons. The van der Waals surface area contributed by atoms with Gasteiger partial charge >= 0.3 is 5.97 Å². The van der Waals surface area contributed by atoms with Gasteiger partial charge in [0.1, 0.15) is 5.82 Å². The van der Waals surface area contributed by atoms with Crippen molar-refractivity contribution in [1.29, 1.82) is 0 Å². The van der Waals surface area contributed by atoms with E-state index in [1.165, 1.54) is 31.4 Å². The number of aryl methyl sites for hydroxylation is 1. The molecule has 3 aromatic rings. The molecule has 5 nitrogen and oxygen atoms in total. The molecule has 0 aliphatic carbocycles. The van der Waals surface area contributed by atoms with Gasteiger partial charge < -0.3 is 9.47 Å². The van der Waals surface area contributed by atoms with E-state index in [0.29, 0.717) is 10.8 Å². The monoisotopic (exact) mass is 412 g/mol. The second-order valence-electron chi connectivity index (χ2n) is 6.14. The van der Waals surface area contributed by atoms with Crippen molar-refractivity contribution in [3.05, 3.63) is 88.2 Å². The number of methoxy groups -OCH3 is 1. The Balaban J connectivity index is 1.70. The third kappa shape index (κ3) is 5.33. The highest BCUT2D eigenvalue weighted by Gasteiger charge is 2.13. The number of ether oxygens (including phenoxy) is 2. The Morgan fingerprint density at radius 2 is 1.83 bits per heavy atom. The smallest absolute Gasteiger partial charge is 0.343 e. The van der Waals surface area contributed by atoms with E-state index in [4.69, 9.17) is 21.1 Å². The summed E-state index contributed by atoms with van der Waals surface area (Å²) in [6.07, 6.45) is 1.60. The average Bonchev–Trinajstić information content (AvgIpc) is 2.72. The number of rotatable bonds is 6. The first-order valence-electron chi connectivity index (χ1n) is 8.67. The topological polar surface area (TPSA) is 59.9 Å². The Kier molecular flexibility index (Phi) is 6.46. The summed E-state index contributed by atoms with van der Waals surface area (Å²) in [5.41, 5.74) is 5.61. The SMILES string of the molecule is COc1cc(/C=N\Nc2ccc(C)c(Cl)c2)ccc1OC(=O)c1ccc(F)cc1. The van der Waals surface area contributed by atoms with Crippen LogP contribution in [0.3, 0.4) is 0 Å². The Morgan fingerprint density at radius 1 is 1.07 bits per heavy atom. The molecular formula is C22H18ClFN2O3. The Hall–Kier alpha value is -3.38. The van der Waals surface area contributed by atoms with Crippen LogP contribution in [0.25, 0.3) is 0 Å². The van der Waals surface area contributed by atoms with Gasteiger partial charge in [-0.3, -0.25) is 5.43 Å². The van der Waals surface area contributed by atoms with Crippen molar-refractivity contribution in [2.24, 2.45) is 5.10 Å². The molecule has 0 spiro atoms. The van der Waals surface area contributed by atoms with Crippen molar-refractivity contribution in [2.75, 3.05) is 12.5 Å². The number of benzene rings is 3. The van der Waals surface area contributed by atoms with E-state index in [9.17, 15) is 9.18 Å². The van der Waals surface area contributed by atoms with E-state index in [-0.39, 0.29) is 11.3 Å². The molecule has 0 fully saturated rings. The molecule has 0 unspecified atom stereocenters. The Bertz CT molecular complexity index is 1050. The number of esters is 1. The minimum Gasteiger partial charge on any atom is -0.493 e. The number of carbonyl (C=O) groups excluding carboxylic acids is 1. The summed E-state index contributed by atoms with van der Waals surface area (Å²) in [4.78, 5) is 12.2. The van der Waals surface area contributed by atoms with Crippen molar-refractivity contribution in [1.82, 2.24) is 0 Å². The predicted molar refractivity (Wildman–Crippen MR) is 112 cm³/mol. The number of hydrogen-bond donors (Lipinski definition) is 1. The number of nitrogens with one attached hydrogen (secondary N) is 1. The summed E-state index contributed by atoms with van der Waals surface area (Å²) in [6, 6.07) is 15.7. The van der Waals surface area contributed by atoms with Crippen LogP contribution in [0.15, 0.2) is 65.8 Å². The number of hydrogen-bond acceptors (Lipinski definition) is 5. The molecule has 3 aromatic carbocycles. The zero-order chi connectivity index (χ0) is 20.8. The summed E-state index contributed by atoms with van der Waals surface area (Å²) >= 11 is 6.09. The summed E-state index contributed by atoms with van der Waals surface area (Å²) in [6.45, 7) is 1.92. The van der Waals surface area contributed by atoms with Gasteiger partial charge in [-0.05, 0) is 72.6 Å². The molecule has 148 valence electrons. The summed E-state index contributed by atoms with van der Waals surface area (Å²) in [5.74, 6) is -0.424. The number of halogens is 2. The van der Waals surface area contributed by atoms with Crippen LogP contribution in [0.4, 0.5) is 10.1 Å². The summed E-state index contributed by atoms with van der Waals surface area (Å²) in [5, 5.41) is 4.82. The van der Waals surface area contributed by atoms with Crippen LogP contribution < -0.4 is 14.9 Å². The molecule has 0 aliphatic heterocycles. The zero-order valence-electron chi connectivity index (χ0n) is 15.8. The van der Waals surface area contributed by atoms with Crippen LogP contribution in [0.1, 0.15) is 21.5 Å². The second kappa shape index (κ2) is 9.21. The van der Waals surface area contributed by atoms with E-state index in [1.807, 2.05) is 19.1 Å². The van der Waals surface area contributed by atoms with E-state index in [1.54, 1.807) is 30.5 Å². The number of anilines is 1. The highest BCUT2D eigenvalue weighted by Crippen LogP contribution is 2.28. The van der Waals surface area contributed by atoms with Gasteiger partial charge in [0.15, 0.2) is 11.5 Å². The molecule has 0 amide bonds. The minimum atomic E-state index is -0.609. The fourth-order valence-corrected chi connectivity index (χ4v) is 2.62. The number of nitrogens with zero attached hydrogens (tertiary/aromatic N) is 1. The van der Waals surface area contributed by atoms with Crippen LogP contribution in [0.5, 0.6) is 11.5 Å². The highest BCUT2D eigenvalue weighted by molar-refractivity contribution is 6.31. The highest BCUT2D eigenvalue weighted by atomic mass is 35.5. The first kappa shape index (κ1) is 20.4. The fourth-order valence-electron chi connectivity index (χ4n) is 2.44. The van der Waals surface area contributed by atoms with Gasteiger partial charge in [0.05, 0.1) is 24.6 Å². The fraction of sp³-hybridized carbons (Fsp3) is 0.0909. The van der Waals surface area contributed by atoms with Crippen molar-refractivity contribution >= 4 is 29.5 Å².